The molecule has 2 aromatic carbocycles. The van der Waals surface area contributed by atoms with Crippen molar-refractivity contribution in [3.8, 4) is 11.5 Å². The van der Waals surface area contributed by atoms with Crippen LogP contribution in [0.25, 0.3) is 0 Å². The number of halogens is 2. The van der Waals surface area contributed by atoms with Crippen LogP contribution in [0.1, 0.15) is 6.42 Å². The molecule has 0 aromatic heterocycles. The van der Waals surface area contributed by atoms with E-state index in [1.807, 2.05) is 24.3 Å². The average Bonchev–Trinajstić information content (AvgIpc) is 2.61. The summed E-state index contributed by atoms with van der Waals surface area (Å²) in [6.07, 6.45) is 0.335. The summed E-state index contributed by atoms with van der Waals surface area (Å²) >= 11 is 11.8. The topological polar surface area (TPSA) is 59.6 Å². The van der Waals surface area contributed by atoms with Crippen LogP contribution in [-0.2, 0) is 4.79 Å². The zero-order valence-electron chi connectivity index (χ0n) is 13.9. The molecule has 0 fully saturated rings. The zero-order valence-corrected chi connectivity index (χ0v) is 15.4. The Bertz CT molecular complexity index is 693. The Kier molecular flexibility index (Phi) is 7.85. The number of rotatable bonds is 9. The minimum Gasteiger partial charge on any atom is -0.497 e. The molecule has 0 atom stereocenters. The van der Waals surface area contributed by atoms with Crippen molar-refractivity contribution >= 4 is 34.8 Å². The van der Waals surface area contributed by atoms with Crippen LogP contribution in [0.2, 0.25) is 10.0 Å². The first kappa shape index (κ1) is 19.4. The van der Waals surface area contributed by atoms with Gasteiger partial charge in [-0.15, -0.1) is 0 Å². The molecule has 0 spiro atoms. The van der Waals surface area contributed by atoms with Gasteiger partial charge in [0, 0.05) is 24.5 Å². The molecule has 0 radical (unpaired) electrons. The lowest BCUT2D eigenvalue weighted by atomic mass is 10.3. The smallest absolute Gasteiger partial charge is 0.225 e. The number of benzene rings is 2. The molecular weight excluding hydrogens is 363 g/mol. The second kappa shape index (κ2) is 10.1. The summed E-state index contributed by atoms with van der Waals surface area (Å²) in [5.74, 6) is 1.45. The molecule has 0 bridgehead atoms. The Morgan fingerprint density at radius 3 is 2.44 bits per heavy atom. The second-order valence-corrected chi connectivity index (χ2v) is 6.04. The molecule has 0 unspecified atom stereocenters. The number of hydrogen-bond donors (Lipinski definition) is 2. The molecule has 0 aliphatic heterocycles. The molecule has 0 aliphatic rings. The third-order valence-electron chi connectivity index (χ3n) is 3.34. The summed E-state index contributed by atoms with van der Waals surface area (Å²) in [7, 11) is 1.62. The summed E-state index contributed by atoms with van der Waals surface area (Å²) < 4.78 is 10.7. The predicted molar refractivity (Wildman–Crippen MR) is 101 cm³/mol. The van der Waals surface area contributed by atoms with Gasteiger partial charge in [-0.25, -0.2) is 0 Å². The molecule has 0 aliphatic carbocycles. The summed E-state index contributed by atoms with van der Waals surface area (Å²) in [4.78, 5) is 11.9. The van der Waals surface area contributed by atoms with Crippen molar-refractivity contribution in [3.05, 3.63) is 52.5 Å². The Balaban J connectivity index is 1.59. The van der Waals surface area contributed by atoms with Crippen LogP contribution in [-0.4, -0.2) is 32.7 Å². The van der Waals surface area contributed by atoms with E-state index in [-0.39, 0.29) is 5.91 Å². The van der Waals surface area contributed by atoms with Crippen LogP contribution in [0.5, 0.6) is 11.5 Å². The number of methoxy groups -OCH3 is 1. The SMILES string of the molecule is COc1ccc(OCCNCCC(=O)Nc2ccc(Cl)cc2Cl)cc1. The molecular formula is C18H20Cl2N2O3. The van der Waals surface area contributed by atoms with Gasteiger partial charge in [-0.05, 0) is 42.5 Å². The van der Waals surface area contributed by atoms with E-state index in [0.29, 0.717) is 41.8 Å². The molecule has 134 valence electrons. The predicted octanol–water partition coefficient (Wildman–Crippen LogP) is 4.00. The van der Waals surface area contributed by atoms with Crippen LogP contribution in [0, 0.1) is 0 Å². The largest absolute Gasteiger partial charge is 0.497 e. The molecule has 0 saturated heterocycles. The molecule has 2 N–H and O–H groups in total. The van der Waals surface area contributed by atoms with Gasteiger partial charge in [0.05, 0.1) is 17.8 Å². The highest BCUT2D eigenvalue weighted by Crippen LogP contribution is 2.25. The minimum absolute atomic E-state index is 0.118. The van der Waals surface area contributed by atoms with Gasteiger partial charge in [-0.1, -0.05) is 23.2 Å². The van der Waals surface area contributed by atoms with Gasteiger partial charge in [0.15, 0.2) is 0 Å². The van der Waals surface area contributed by atoms with Gasteiger partial charge < -0.3 is 20.1 Å². The highest BCUT2D eigenvalue weighted by molar-refractivity contribution is 6.36. The van der Waals surface area contributed by atoms with Crippen molar-refractivity contribution < 1.29 is 14.3 Å². The molecule has 7 heteroatoms. The average molecular weight is 383 g/mol. The van der Waals surface area contributed by atoms with Gasteiger partial charge in [0.1, 0.15) is 18.1 Å². The number of anilines is 1. The first-order valence-corrected chi connectivity index (χ1v) is 8.56. The Hall–Kier alpha value is -1.95. The maximum Gasteiger partial charge on any atom is 0.225 e. The Morgan fingerprint density at radius 2 is 1.76 bits per heavy atom. The van der Waals surface area contributed by atoms with Crippen LogP contribution in [0.3, 0.4) is 0 Å². The summed E-state index contributed by atoms with van der Waals surface area (Å²) in [6.45, 7) is 1.70. The minimum atomic E-state index is -0.118. The lowest BCUT2D eigenvalue weighted by molar-refractivity contribution is -0.116. The van der Waals surface area contributed by atoms with Crippen LogP contribution < -0.4 is 20.1 Å². The number of amides is 1. The number of ether oxygens (including phenoxy) is 2. The van der Waals surface area contributed by atoms with Crippen molar-refractivity contribution in [3.63, 3.8) is 0 Å². The van der Waals surface area contributed by atoms with Crippen molar-refractivity contribution in [1.82, 2.24) is 5.32 Å². The van der Waals surface area contributed by atoms with Crippen molar-refractivity contribution in [2.24, 2.45) is 0 Å². The van der Waals surface area contributed by atoms with Gasteiger partial charge in [-0.2, -0.15) is 0 Å². The lowest BCUT2D eigenvalue weighted by Gasteiger charge is -2.09. The van der Waals surface area contributed by atoms with E-state index >= 15 is 0 Å². The van der Waals surface area contributed by atoms with Crippen LogP contribution in [0.15, 0.2) is 42.5 Å². The first-order chi connectivity index (χ1) is 12.1. The highest BCUT2D eigenvalue weighted by atomic mass is 35.5. The number of nitrogens with one attached hydrogen (secondary N) is 2. The third kappa shape index (κ3) is 6.82. The molecule has 2 aromatic rings. The van der Waals surface area contributed by atoms with Crippen molar-refractivity contribution in [2.75, 3.05) is 32.1 Å². The quantitative estimate of drug-likeness (QED) is 0.643. The van der Waals surface area contributed by atoms with E-state index in [2.05, 4.69) is 10.6 Å². The monoisotopic (exact) mass is 382 g/mol. The first-order valence-electron chi connectivity index (χ1n) is 7.81. The molecule has 0 heterocycles. The Morgan fingerprint density at radius 1 is 1.04 bits per heavy atom. The summed E-state index contributed by atoms with van der Waals surface area (Å²) in [5, 5.41) is 6.85. The zero-order chi connectivity index (χ0) is 18.1. The van der Waals surface area contributed by atoms with Gasteiger partial charge >= 0.3 is 0 Å². The van der Waals surface area contributed by atoms with E-state index in [1.54, 1.807) is 25.3 Å². The summed E-state index contributed by atoms with van der Waals surface area (Å²) in [6, 6.07) is 12.3. The Labute approximate surface area is 157 Å². The number of carbonyl (C=O) groups excluding carboxylic acids is 1. The van der Waals surface area contributed by atoms with E-state index in [1.165, 1.54) is 0 Å². The van der Waals surface area contributed by atoms with Crippen molar-refractivity contribution in [2.45, 2.75) is 6.42 Å². The molecule has 1 amide bonds. The molecule has 5 nitrogen and oxygen atoms in total. The fourth-order valence-corrected chi connectivity index (χ4v) is 2.50. The van der Waals surface area contributed by atoms with E-state index in [0.717, 1.165) is 11.5 Å². The van der Waals surface area contributed by atoms with Crippen LogP contribution >= 0.6 is 23.2 Å². The molecule has 0 saturated carbocycles. The normalized spacial score (nSPS) is 10.4. The summed E-state index contributed by atoms with van der Waals surface area (Å²) in [5.41, 5.74) is 0.555. The maximum absolute atomic E-state index is 11.9. The second-order valence-electron chi connectivity index (χ2n) is 5.20. The number of carbonyl (C=O) groups is 1. The van der Waals surface area contributed by atoms with Gasteiger partial charge in [0.2, 0.25) is 5.91 Å². The van der Waals surface area contributed by atoms with Crippen LogP contribution in [0.4, 0.5) is 5.69 Å². The van der Waals surface area contributed by atoms with Gasteiger partial charge in [-0.3, -0.25) is 4.79 Å². The van der Waals surface area contributed by atoms with E-state index in [4.69, 9.17) is 32.7 Å². The molecule has 2 rings (SSSR count). The number of hydrogen-bond acceptors (Lipinski definition) is 4. The van der Waals surface area contributed by atoms with E-state index in [9.17, 15) is 4.79 Å². The maximum atomic E-state index is 11.9. The van der Waals surface area contributed by atoms with E-state index < -0.39 is 0 Å². The molecule has 25 heavy (non-hydrogen) atoms. The van der Waals surface area contributed by atoms with Gasteiger partial charge in [0.25, 0.3) is 0 Å². The fraction of sp³-hybridized carbons (Fsp3) is 0.278. The lowest BCUT2D eigenvalue weighted by Crippen LogP contribution is -2.25. The fourth-order valence-electron chi connectivity index (χ4n) is 2.04. The highest BCUT2D eigenvalue weighted by Gasteiger charge is 2.06. The standard InChI is InChI=1S/C18H20Cl2N2O3/c1-24-14-3-5-15(6-4-14)25-11-10-21-9-8-18(23)22-17-7-2-13(19)12-16(17)20/h2-7,12,21H,8-11H2,1H3,(H,22,23). The van der Waals surface area contributed by atoms with Crippen molar-refractivity contribution in [1.29, 1.82) is 0 Å². The third-order valence-corrected chi connectivity index (χ3v) is 3.89.